The predicted molar refractivity (Wildman–Crippen MR) is 128 cm³/mol. The third kappa shape index (κ3) is 33.4. The van der Waals surface area contributed by atoms with Crippen LogP contribution in [-0.2, 0) is 28.2 Å². The second-order valence-corrected chi connectivity index (χ2v) is 10.5. The summed E-state index contributed by atoms with van der Waals surface area (Å²) in [4.78, 5) is 43.7. The van der Waals surface area contributed by atoms with Crippen LogP contribution in [0, 0.1) is 0 Å². The molecule has 0 heterocycles. The Morgan fingerprint density at radius 1 is 0.886 bits per heavy atom. The summed E-state index contributed by atoms with van der Waals surface area (Å²) in [5, 5.41) is 0. The van der Waals surface area contributed by atoms with Crippen LogP contribution in [0.2, 0.25) is 0 Å². The molecule has 0 aliphatic heterocycles. The zero-order valence-electron chi connectivity index (χ0n) is 22.2. The minimum atomic E-state index is -5.10. The predicted octanol–water partition coefficient (Wildman–Crippen LogP) is -1.47. The normalized spacial score (nSPS) is 11.7. The summed E-state index contributed by atoms with van der Waals surface area (Å²) in [6.07, 6.45) is 14.7. The Morgan fingerprint density at radius 3 is 2.00 bits per heavy atom. The van der Waals surface area contributed by atoms with Crippen molar-refractivity contribution in [2.24, 2.45) is 0 Å². The van der Waals surface area contributed by atoms with Crippen LogP contribution in [0.3, 0.4) is 0 Å². The molecule has 0 aromatic heterocycles. The summed E-state index contributed by atoms with van der Waals surface area (Å²) in [6, 6.07) is 0. The number of carbonyl (C=O) groups is 2. The summed E-state index contributed by atoms with van der Waals surface area (Å²) in [5.41, 5.74) is 0. The van der Waals surface area contributed by atoms with Gasteiger partial charge in [-0.2, -0.15) is 11.8 Å². The van der Waals surface area contributed by atoms with Crippen molar-refractivity contribution < 1.29 is 97.1 Å². The van der Waals surface area contributed by atoms with Crippen molar-refractivity contribution in [3.05, 3.63) is 0 Å². The van der Waals surface area contributed by atoms with Gasteiger partial charge in [-0.1, -0.05) is 77.6 Å². The molecule has 0 bridgehead atoms. The molecule has 1 atom stereocenters. The fraction of sp³-hybridized carbons (Fsp3) is 0.913. The SMILES string of the molecule is CCCCCCCCCCC(=O)O[C@H](COP(=O)([O-])[O-])CSCCCCCCCCOC=O.[Na+].[Na+]. The Kier molecular flexibility index (Phi) is 35.0. The molecule has 8 nitrogen and oxygen atoms in total. The van der Waals surface area contributed by atoms with Gasteiger partial charge in [-0.25, -0.2) is 0 Å². The van der Waals surface area contributed by atoms with Gasteiger partial charge in [0.2, 0.25) is 0 Å². The fourth-order valence-electron chi connectivity index (χ4n) is 3.30. The van der Waals surface area contributed by atoms with Crippen LogP contribution in [0.5, 0.6) is 0 Å². The Hall–Kier alpha value is 1.40. The molecule has 35 heavy (non-hydrogen) atoms. The first-order valence-corrected chi connectivity index (χ1v) is 15.0. The van der Waals surface area contributed by atoms with Crippen molar-refractivity contribution in [1.29, 1.82) is 0 Å². The number of phosphoric acid groups is 1. The van der Waals surface area contributed by atoms with Crippen molar-refractivity contribution in [3.63, 3.8) is 0 Å². The Balaban J connectivity index is -0.00000512. The molecule has 196 valence electrons. The first kappa shape index (κ1) is 40.9. The van der Waals surface area contributed by atoms with Gasteiger partial charge in [-0.3, -0.25) is 9.59 Å². The zero-order chi connectivity index (χ0) is 24.6. The van der Waals surface area contributed by atoms with Crippen molar-refractivity contribution in [2.75, 3.05) is 24.7 Å². The van der Waals surface area contributed by atoms with Crippen molar-refractivity contribution in [3.8, 4) is 0 Å². The third-order valence-electron chi connectivity index (χ3n) is 5.12. The topological polar surface area (TPSA) is 125 Å². The molecule has 0 aromatic rings. The van der Waals surface area contributed by atoms with E-state index in [9.17, 15) is 23.9 Å². The second kappa shape index (κ2) is 29.9. The van der Waals surface area contributed by atoms with Crippen molar-refractivity contribution >= 4 is 32.0 Å². The van der Waals surface area contributed by atoms with E-state index >= 15 is 0 Å². The minimum Gasteiger partial charge on any atom is -0.790 e. The maximum atomic E-state index is 12.1. The largest absolute Gasteiger partial charge is 1.00 e. The molecule has 0 N–H and O–H groups in total. The molecular formula is C23H43Na2O8PS. The third-order valence-corrected chi connectivity index (χ3v) is 6.77. The number of thioether (sulfide) groups is 1. The molecule has 0 amide bonds. The summed E-state index contributed by atoms with van der Waals surface area (Å²) in [7, 11) is -5.10. The van der Waals surface area contributed by atoms with Gasteiger partial charge in [0.25, 0.3) is 6.47 Å². The Bertz CT molecular complexity index is 526. The van der Waals surface area contributed by atoms with Gasteiger partial charge in [0.15, 0.2) is 0 Å². The standard InChI is InChI=1S/C23H45O8PS.2Na/c1-2-3-4-5-6-7-10-13-16-23(25)31-22(19-30-32(26,27)28)20-33-18-15-12-9-8-11-14-17-29-21-24;;/h21-22H,2-20H2,1H3,(H2,26,27,28);;/q;2*+1/p-2/t22-;;/m1../s1. The first-order chi connectivity index (χ1) is 15.9. The summed E-state index contributed by atoms with van der Waals surface area (Å²) in [5.74, 6) is 0.874. The van der Waals surface area contributed by atoms with Gasteiger partial charge in [0.1, 0.15) is 6.10 Å². The molecule has 0 rings (SSSR count). The quantitative estimate of drug-likeness (QED) is 0.0436. The van der Waals surface area contributed by atoms with Crippen LogP contribution < -0.4 is 68.9 Å². The Labute approximate surface area is 261 Å². The van der Waals surface area contributed by atoms with E-state index in [1.54, 1.807) is 11.8 Å². The van der Waals surface area contributed by atoms with Gasteiger partial charge >= 0.3 is 65.1 Å². The monoisotopic (exact) mass is 556 g/mol. The van der Waals surface area contributed by atoms with E-state index < -0.39 is 20.5 Å². The average molecular weight is 557 g/mol. The van der Waals surface area contributed by atoms with Gasteiger partial charge in [0.05, 0.1) is 21.0 Å². The van der Waals surface area contributed by atoms with Crippen LogP contribution in [0.15, 0.2) is 0 Å². The van der Waals surface area contributed by atoms with Crippen molar-refractivity contribution in [1.82, 2.24) is 0 Å². The van der Waals surface area contributed by atoms with Gasteiger partial charge < -0.3 is 28.3 Å². The van der Waals surface area contributed by atoms with Crippen LogP contribution in [0.25, 0.3) is 0 Å². The molecular weight excluding hydrogens is 513 g/mol. The number of ether oxygens (including phenoxy) is 2. The molecule has 0 saturated heterocycles. The van der Waals surface area contributed by atoms with E-state index in [0.29, 0.717) is 25.3 Å². The summed E-state index contributed by atoms with van der Waals surface area (Å²) < 4.78 is 25.2. The maximum Gasteiger partial charge on any atom is 1.00 e. The number of hydrogen-bond donors (Lipinski definition) is 0. The number of carbonyl (C=O) groups excluding carboxylic acids is 2. The molecule has 0 aromatic carbocycles. The summed E-state index contributed by atoms with van der Waals surface area (Å²) >= 11 is 1.56. The average Bonchev–Trinajstić information content (AvgIpc) is 2.76. The molecule has 0 unspecified atom stereocenters. The number of unbranched alkanes of at least 4 members (excludes halogenated alkanes) is 12. The van der Waals surface area contributed by atoms with E-state index in [1.165, 1.54) is 32.1 Å². The first-order valence-electron chi connectivity index (χ1n) is 12.4. The molecule has 12 heteroatoms. The van der Waals surface area contributed by atoms with Crippen molar-refractivity contribution in [2.45, 2.75) is 109 Å². The van der Waals surface area contributed by atoms with Crippen LogP contribution in [-0.4, -0.2) is 43.3 Å². The van der Waals surface area contributed by atoms with E-state index in [4.69, 9.17) is 4.74 Å². The zero-order valence-corrected chi connectivity index (χ0v) is 27.9. The molecule has 0 spiro atoms. The maximum absolute atomic E-state index is 12.1. The molecule has 0 radical (unpaired) electrons. The minimum absolute atomic E-state index is 0. The van der Waals surface area contributed by atoms with E-state index in [0.717, 1.165) is 63.5 Å². The van der Waals surface area contributed by atoms with Crippen LogP contribution in [0.1, 0.15) is 103 Å². The van der Waals surface area contributed by atoms with E-state index in [1.807, 2.05) is 0 Å². The molecule has 0 saturated carbocycles. The molecule has 0 aliphatic carbocycles. The van der Waals surface area contributed by atoms with Gasteiger partial charge in [0, 0.05) is 12.2 Å². The fourth-order valence-corrected chi connectivity index (χ4v) is 4.65. The number of esters is 1. The van der Waals surface area contributed by atoms with Gasteiger partial charge in [-0.05, 0) is 25.0 Å². The molecule has 0 fully saturated rings. The van der Waals surface area contributed by atoms with Gasteiger partial charge in [-0.15, -0.1) is 0 Å². The second-order valence-electron chi connectivity index (χ2n) is 8.24. The summed E-state index contributed by atoms with van der Waals surface area (Å²) in [6.45, 7) is 2.70. The number of hydrogen-bond acceptors (Lipinski definition) is 9. The smallest absolute Gasteiger partial charge is 0.790 e. The van der Waals surface area contributed by atoms with E-state index in [2.05, 4.69) is 16.2 Å². The number of rotatable bonds is 25. The number of phosphoric ester groups is 1. The van der Waals surface area contributed by atoms with Crippen LogP contribution in [0.4, 0.5) is 0 Å². The van der Waals surface area contributed by atoms with Crippen LogP contribution >= 0.6 is 19.6 Å². The van der Waals surface area contributed by atoms with E-state index in [-0.39, 0.29) is 65.1 Å². The molecule has 0 aliphatic rings. The Morgan fingerprint density at radius 2 is 1.43 bits per heavy atom.